The van der Waals surface area contributed by atoms with Crippen molar-refractivity contribution in [3.05, 3.63) is 18.2 Å². The van der Waals surface area contributed by atoms with Crippen LogP contribution in [0, 0.1) is 6.92 Å². The molecule has 2 aromatic heterocycles. The molecule has 0 fully saturated rings. The number of hydrogen-bond acceptors (Lipinski definition) is 6. The second-order valence-corrected chi connectivity index (χ2v) is 3.50. The van der Waals surface area contributed by atoms with Gasteiger partial charge in [0.25, 0.3) is 0 Å². The van der Waals surface area contributed by atoms with Gasteiger partial charge in [0.2, 0.25) is 0 Å². The monoisotopic (exact) mass is 196 g/mol. The van der Waals surface area contributed by atoms with Crippen LogP contribution in [-0.2, 0) is 0 Å². The summed E-state index contributed by atoms with van der Waals surface area (Å²) < 4.78 is 4.94. The molecule has 0 radical (unpaired) electrons. The standard InChI is InChI=1S/C7H8N4OS/c1-4-5(2-10-12-4)6-3-9-7(11-8)13-6/h2-3H,8H2,1H3,(H,9,11). The van der Waals surface area contributed by atoms with Crippen LogP contribution in [0.15, 0.2) is 16.9 Å². The molecule has 0 aliphatic heterocycles. The maximum atomic E-state index is 5.21. The number of nitrogens with one attached hydrogen (secondary N) is 1. The highest BCUT2D eigenvalue weighted by Crippen LogP contribution is 2.30. The van der Waals surface area contributed by atoms with Crippen molar-refractivity contribution in [2.24, 2.45) is 5.84 Å². The predicted octanol–water partition coefficient (Wildman–Crippen LogP) is 1.39. The summed E-state index contributed by atoms with van der Waals surface area (Å²) in [6.45, 7) is 1.86. The van der Waals surface area contributed by atoms with Crippen LogP contribution < -0.4 is 11.3 Å². The van der Waals surface area contributed by atoms with E-state index in [4.69, 9.17) is 10.4 Å². The molecule has 5 nitrogen and oxygen atoms in total. The summed E-state index contributed by atoms with van der Waals surface area (Å²) in [5.74, 6) is 6.00. The summed E-state index contributed by atoms with van der Waals surface area (Å²) in [6.07, 6.45) is 3.41. The van der Waals surface area contributed by atoms with Crippen molar-refractivity contribution in [1.82, 2.24) is 10.1 Å². The van der Waals surface area contributed by atoms with Gasteiger partial charge in [0.05, 0.1) is 16.6 Å². The molecule has 3 N–H and O–H groups in total. The lowest BCUT2D eigenvalue weighted by Crippen LogP contribution is -2.05. The molecular weight excluding hydrogens is 188 g/mol. The first-order valence-electron chi connectivity index (χ1n) is 3.65. The van der Waals surface area contributed by atoms with Crippen molar-refractivity contribution >= 4 is 16.5 Å². The third-order valence-corrected chi connectivity index (χ3v) is 2.61. The van der Waals surface area contributed by atoms with Gasteiger partial charge in [0.15, 0.2) is 5.13 Å². The van der Waals surface area contributed by atoms with Crippen molar-refractivity contribution in [2.75, 3.05) is 5.43 Å². The largest absolute Gasteiger partial charge is 0.361 e. The normalized spacial score (nSPS) is 10.3. The van der Waals surface area contributed by atoms with Crippen LogP contribution in [-0.4, -0.2) is 10.1 Å². The number of hydrazine groups is 1. The molecule has 0 bridgehead atoms. The molecular formula is C7H8N4OS. The Morgan fingerprint density at radius 3 is 2.92 bits per heavy atom. The average molecular weight is 196 g/mol. The maximum Gasteiger partial charge on any atom is 0.197 e. The predicted molar refractivity (Wildman–Crippen MR) is 50.2 cm³/mol. The van der Waals surface area contributed by atoms with Crippen molar-refractivity contribution < 1.29 is 4.52 Å². The molecule has 2 heterocycles. The van der Waals surface area contributed by atoms with Gasteiger partial charge in [-0.05, 0) is 6.92 Å². The van der Waals surface area contributed by atoms with Crippen molar-refractivity contribution in [3.63, 3.8) is 0 Å². The Hall–Kier alpha value is -1.40. The van der Waals surface area contributed by atoms with Crippen molar-refractivity contribution in [3.8, 4) is 10.4 Å². The van der Waals surface area contributed by atoms with Crippen LogP contribution in [0.5, 0.6) is 0 Å². The van der Waals surface area contributed by atoms with Gasteiger partial charge >= 0.3 is 0 Å². The fourth-order valence-electron chi connectivity index (χ4n) is 1.00. The topological polar surface area (TPSA) is 77.0 Å². The molecule has 0 unspecified atom stereocenters. The smallest absolute Gasteiger partial charge is 0.197 e. The van der Waals surface area contributed by atoms with E-state index in [2.05, 4.69) is 15.6 Å². The van der Waals surface area contributed by atoms with Crippen LogP contribution >= 0.6 is 11.3 Å². The first-order valence-corrected chi connectivity index (χ1v) is 4.47. The zero-order valence-electron chi connectivity index (χ0n) is 6.94. The van der Waals surface area contributed by atoms with E-state index in [0.29, 0.717) is 5.13 Å². The molecule has 0 spiro atoms. The average Bonchev–Trinajstić information content (AvgIpc) is 2.71. The minimum atomic E-state index is 0.676. The molecule has 0 aliphatic rings. The highest BCUT2D eigenvalue weighted by molar-refractivity contribution is 7.18. The third kappa shape index (κ3) is 1.41. The minimum absolute atomic E-state index is 0.676. The summed E-state index contributed by atoms with van der Waals surface area (Å²) in [5.41, 5.74) is 3.44. The molecule has 13 heavy (non-hydrogen) atoms. The molecule has 0 atom stereocenters. The lowest BCUT2D eigenvalue weighted by atomic mass is 10.2. The highest BCUT2D eigenvalue weighted by Gasteiger charge is 2.09. The number of aryl methyl sites for hydroxylation is 1. The number of nitrogens with zero attached hydrogens (tertiary/aromatic N) is 2. The number of thiazole rings is 1. The molecule has 2 aromatic rings. The molecule has 0 saturated carbocycles. The lowest BCUT2D eigenvalue weighted by molar-refractivity contribution is 0.398. The number of aromatic nitrogens is 2. The Balaban J connectivity index is 2.41. The van der Waals surface area contributed by atoms with E-state index in [0.717, 1.165) is 16.2 Å². The Labute approximate surface area is 78.5 Å². The fraction of sp³-hybridized carbons (Fsp3) is 0.143. The van der Waals surface area contributed by atoms with Crippen LogP contribution in [0.1, 0.15) is 5.76 Å². The second kappa shape index (κ2) is 3.15. The van der Waals surface area contributed by atoms with E-state index in [1.807, 2.05) is 6.92 Å². The second-order valence-electron chi connectivity index (χ2n) is 2.47. The fourth-order valence-corrected chi connectivity index (χ4v) is 1.79. The van der Waals surface area contributed by atoms with Crippen LogP contribution in [0.3, 0.4) is 0 Å². The number of anilines is 1. The van der Waals surface area contributed by atoms with Crippen LogP contribution in [0.25, 0.3) is 10.4 Å². The Morgan fingerprint density at radius 2 is 2.38 bits per heavy atom. The Kier molecular flexibility index (Phi) is 1.99. The van der Waals surface area contributed by atoms with Gasteiger partial charge in [-0.25, -0.2) is 10.8 Å². The zero-order valence-corrected chi connectivity index (χ0v) is 7.76. The van der Waals surface area contributed by atoms with Crippen molar-refractivity contribution in [1.29, 1.82) is 0 Å². The van der Waals surface area contributed by atoms with Gasteiger partial charge in [-0.1, -0.05) is 16.5 Å². The summed E-state index contributed by atoms with van der Waals surface area (Å²) in [6, 6.07) is 0. The van der Waals surface area contributed by atoms with E-state index >= 15 is 0 Å². The highest BCUT2D eigenvalue weighted by atomic mass is 32.1. The maximum absolute atomic E-state index is 5.21. The molecule has 2 rings (SSSR count). The summed E-state index contributed by atoms with van der Waals surface area (Å²) in [7, 11) is 0. The van der Waals surface area contributed by atoms with Gasteiger partial charge in [0, 0.05) is 6.20 Å². The van der Waals surface area contributed by atoms with E-state index in [-0.39, 0.29) is 0 Å². The van der Waals surface area contributed by atoms with E-state index < -0.39 is 0 Å². The first kappa shape index (κ1) is 8.21. The van der Waals surface area contributed by atoms with Crippen LogP contribution in [0.4, 0.5) is 5.13 Å². The van der Waals surface area contributed by atoms with E-state index in [9.17, 15) is 0 Å². The molecule has 0 aliphatic carbocycles. The number of hydrogen-bond donors (Lipinski definition) is 2. The minimum Gasteiger partial charge on any atom is -0.361 e. The van der Waals surface area contributed by atoms with Gasteiger partial charge in [-0.3, -0.25) is 5.43 Å². The van der Waals surface area contributed by atoms with Gasteiger partial charge in [-0.15, -0.1) is 0 Å². The Bertz CT molecular complexity index is 408. The Morgan fingerprint density at radius 1 is 1.54 bits per heavy atom. The molecule has 0 saturated heterocycles. The van der Waals surface area contributed by atoms with E-state index in [1.165, 1.54) is 11.3 Å². The lowest BCUT2D eigenvalue weighted by Gasteiger charge is -1.89. The summed E-state index contributed by atoms with van der Waals surface area (Å²) in [5, 5.41) is 4.36. The summed E-state index contributed by atoms with van der Waals surface area (Å²) in [4.78, 5) is 5.04. The van der Waals surface area contributed by atoms with Crippen molar-refractivity contribution in [2.45, 2.75) is 6.92 Å². The number of nitrogen functional groups attached to an aromatic ring is 1. The molecule has 0 aromatic carbocycles. The molecule has 0 amide bonds. The first-order chi connectivity index (χ1) is 6.31. The van der Waals surface area contributed by atoms with Gasteiger partial charge in [0.1, 0.15) is 5.76 Å². The SMILES string of the molecule is Cc1oncc1-c1cnc(NN)s1. The number of rotatable bonds is 2. The molecule has 6 heteroatoms. The number of nitrogens with two attached hydrogens (primary N) is 1. The summed E-state index contributed by atoms with van der Waals surface area (Å²) >= 11 is 1.46. The van der Waals surface area contributed by atoms with Gasteiger partial charge < -0.3 is 4.52 Å². The zero-order chi connectivity index (χ0) is 9.26. The van der Waals surface area contributed by atoms with Gasteiger partial charge in [-0.2, -0.15) is 0 Å². The quantitative estimate of drug-likeness (QED) is 0.560. The van der Waals surface area contributed by atoms with E-state index in [1.54, 1.807) is 12.4 Å². The molecule has 68 valence electrons. The third-order valence-electron chi connectivity index (χ3n) is 1.65. The van der Waals surface area contributed by atoms with Crippen LogP contribution in [0.2, 0.25) is 0 Å².